The predicted octanol–water partition coefficient (Wildman–Crippen LogP) is 2.30. The van der Waals surface area contributed by atoms with Gasteiger partial charge in [-0.3, -0.25) is 10.1 Å². The van der Waals surface area contributed by atoms with Crippen molar-refractivity contribution in [3.63, 3.8) is 0 Å². The first-order valence-corrected chi connectivity index (χ1v) is 6.84. The Hall–Kier alpha value is -2.15. The maximum atomic E-state index is 11.4. The standard InChI is InChI=1S/C14H18N2O5/c1-3-10-8-21-9(2)7-15(10)13-5-4-11(16(19)20)6-12(13)14(17)18/h4-6,9-10H,3,7-8H2,1-2H3,(H,17,18). The van der Waals surface area contributed by atoms with Crippen LogP contribution in [0.1, 0.15) is 30.6 Å². The molecule has 1 aromatic rings. The van der Waals surface area contributed by atoms with Crippen LogP contribution in [-0.2, 0) is 4.74 Å². The summed E-state index contributed by atoms with van der Waals surface area (Å²) in [4.78, 5) is 23.6. The van der Waals surface area contributed by atoms with E-state index in [1.54, 1.807) is 0 Å². The summed E-state index contributed by atoms with van der Waals surface area (Å²) < 4.78 is 5.60. The van der Waals surface area contributed by atoms with E-state index in [9.17, 15) is 20.0 Å². The quantitative estimate of drug-likeness (QED) is 0.676. The van der Waals surface area contributed by atoms with Crippen molar-refractivity contribution in [1.29, 1.82) is 0 Å². The molecule has 0 aliphatic carbocycles. The molecule has 2 rings (SSSR count). The smallest absolute Gasteiger partial charge is 0.338 e. The fourth-order valence-electron chi connectivity index (χ4n) is 2.54. The molecule has 1 aliphatic rings. The summed E-state index contributed by atoms with van der Waals surface area (Å²) in [6, 6.07) is 4.04. The summed E-state index contributed by atoms with van der Waals surface area (Å²) in [5.74, 6) is -1.16. The van der Waals surface area contributed by atoms with E-state index in [1.807, 2.05) is 18.7 Å². The summed E-state index contributed by atoms with van der Waals surface area (Å²) >= 11 is 0. The number of carboxylic acid groups (broad SMARTS) is 1. The van der Waals surface area contributed by atoms with Gasteiger partial charge in [0, 0.05) is 18.7 Å². The number of hydrogen-bond acceptors (Lipinski definition) is 5. The highest BCUT2D eigenvalue weighted by molar-refractivity contribution is 5.95. The van der Waals surface area contributed by atoms with Gasteiger partial charge >= 0.3 is 5.97 Å². The number of morpholine rings is 1. The molecule has 0 amide bonds. The van der Waals surface area contributed by atoms with Crippen LogP contribution in [0.15, 0.2) is 18.2 Å². The third-order valence-corrected chi connectivity index (χ3v) is 3.67. The molecule has 2 atom stereocenters. The summed E-state index contributed by atoms with van der Waals surface area (Å²) in [6.07, 6.45) is 0.799. The van der Waals surface area contributed by atoms with Gasteiger partial charge in [0.2, 0.25) is 0 Å². The molecule has 7 nitrogen and oxygen atoms in total. The lowest BCUT2D eigenvalue weighted by Gasteiger charge is -2.40. The van der Waals surface area contributed by atoms with Crippen LogP contribution >= 0.6 is 0 Å². The van der Waals surface area contributed by atoms with Crippen molar-refractivity contribution in [3.8, 4) is 0 Å². The molecule has 1 N–H and O–H groups in total. The summed E-state index contributed by atoms with van der Waals surface area (Å²) in [7, 11) is 0. The van der Waals surface area contributed by atoms with Gasteiger partial charge in [-0.05, 0) is 19.4 Å². The molecule has 1 aliphatic heterocycles. The van der Waals surface area contributed by atoms with E-state index in [4.69, 9.17) is 4.74 Å². The maximum Gasteiger partial charge on any atom is 0.338 e. The number of nitro benzene ring substituents is 1. The van der Waals surface area contributed by atoms with E-state index in [2.05, 4.69) is 0 Å². The topological polar surface area (TPSA) is 92.9 Å². The number of hydrogen-bond donors (Lipinski definition) is 1. The number of nitro groups is 1. The molecule has 0 saturated carbocycles. The largest absolute Gasteiger partial charge is 0.478 e. The van der Waals surface area contributed by atoms with Crippen LogP contribution in [0.5, 0.6) is 0 Å². The average Bonchev–Trinajstić information content (AvgIpc) is 2.46. The third kappa shape index (κ3) is 3.13. The van der Waals surface area contributed by atoms with E-state index in [-0.39, 0.29) is 23.4 Å². The zero-order chi connectivity index (χ0) is 15.6. The second kappa shape index (κ2) is 6.09. The molecule has 0 bridgehead atoms. The molecule has 114 valence electrons. The molecule has 7 heteroatoms. The minimum atomic E-state index is -1.16. The zero-order valence-corrected chi connectivity index (χ0v) is 12.0. The van der Waals surface area contributed by atoms with Gasteiger partial charge in [0.1, 0.15) is 0 Å². The van der Waals surface area contributed by atoms with Crippen molar-refractivity contribution < 1.29 is 19.6 Å². The van der Waals surface area contributed by atoms with Crippen molar-refractivity contribution in [2.24, 2.45) is 0 Å². The minimum Gasteiger partial charge on any atom is -0.478 e. The molecule has 0 radical (unpaired) electrons. The molecule has 1 heterocycles. The van der Waals surface area contributed by atoms with Crippen LogP contribution in [0.2, 0.25) is 0 Å². The van der Waals surface area contributed by atoms with Crippen LogP contribution in [0.3, 0.4) is 0 Å². The molecular weight excluding hydrogens is 276 g/mol. The van der Waals surface area contributed by atoms with Crippen molar-refractivity contribution in [3.05, 3.63) is 33.9 Å². The number of anilines is 1. The number of aromatic carboxylic acids is 1. The van der Waals surface area contributed by atoms with Crippen molar-refractivity contribution >= 4 is 17.3 Å². The molecule has 0 spiro atoms. The average molecular weight is 294 g/mol. The highest BCUT2D eigenvalue weighted by Crippen LogP contribution is 2.30. The second-order valence-electron chi connectivity index (χ2n) is 5.12. The SMILES string of the molecule is CCC1COC(C)CN1c1ccc([N+](=O)[O-])cc1C(=O)O. The molecular formula is C14H18N2O5. The number of ether oxygens (including phenoxy) is 1. The first kappa shape index (κ1) is 15.2. The molecule has 1 saturated heterocycles. The zero-order valence-electron chi connectivity index (χ0n) is 12.0. The molecule has 1 fully saturated rings. The Kier molecular flexibility index (Phi) is 4.42. The first-order chi connectivity index (χ1) is 9.93. The van der Waals surface area contributed by atoms with Crippen LogP contribution in [-0.4, -0.2) is 41.3 Å². The summed E-state index contributed by atoms with van der Waals surface area (Å²) in [6.45, 7) is 5.01. The lowest BCUT2D eigenvalue weighted by atomic mass is 10.1. The first-order valence-electron chi connectivity index (χ1n) is 6.84. The highest BCUT2D eigenvalue weighted by atomic mass is 16.6. The lowest BCUT2D eigenvalue weighted by molar-refractivity contribution is -0.384. The Morgan fingerprint density at radius 3 is 2.86 bits per heavy atom. The van der Waals surface area contributed by atoms with Gasteiger partial charge in [0.25, 0.3) is 5.69 Å². The van der Waals surface area contributed by atoms with Gasteiger partial charge in [0.15, 0.2) is 0 Å². The number of benzene rings is 1. The van der Waals surface area contributed by atoms with Gasteiger partial charge in [0.05, 0.1) is 34.9 Å². The van der Waals surface area contributed by atoms with Gasteiger partial charge in [-0.15, -0.1) is 0 Å². The number of carbonyl (C=O) groups is 1. The lowest BCUT2D eigenvalue weighted by Crippen LogP contribution is -2.49. The van der Waals surface area contributed by atoms with Crippen molar-refractivity contribution in [2.75, 3.05) is 18.1 Å². The van der Waals surface area contributed by atoms with E-state index >= 15 is 0 Å². The fourth-order valence-corrected chi connectivity index (χ4v) is 2.54. The number of non-ortho nitro benzene ring substituents is 1. The number of carboxylic acids is 1. The molecule has 2 unspecified atom stereocenters. The number of rotatable bonds is 4. The third-order valence-electron chi connectivity index (χ3n) is 3.67. The monoisotopic (exact) mass is 294 g/mol. The van der Waals surface area contributed by atoms with E-state index in [0.717, 1.165) is 12.5 Å². The van der Waals surface area contributed by atoms with Crippen LogP contribution < -0.4 is 4.90 Å². The van der Waals surface area contributed by atoms with Gasteiger partial charge in [-0.25, -0.2) is 4.79 Å². The molecule has 1 aromatic carbocycles. The Bertz CT molecular complexity index is 560. The van der Waals surface area contributed by atoms with Gasteiger partial charge in [-0.1, -0.05) is 6.92 Å². The Labute approximate surface area is 122 Å². The Morgan fingerprint density at radius 2 is 2.29 bits per heavy atom. The highest BCUT2D eigenvalue weighted by Gasteiger charge is 2.29. The summed E-state index contributed by atoms with van der Waals surface area (Å²) in [5, 5.41) is 20.2. The minimum absolute atomic E-state index is 0.00960. The van der Waals surface area contributed by atoms with Crippen LogP contribution in [0.25, 0.3) is 0 Å². The van der Waals surface area contributed by atoms with E-state index in [0.29, 0.717) is 18.8 Å². The van der Waals surface area contributed by atoms with Crippen LogP contribution in [0.4, 0.5) is 11.4 Å². The molecule has 0 aromatic heterocycles. The Balaban J connectivity index is 2.45. The normalized spacial score (nSPS) is 22.1. The van der Waals surface area contributed by atoms with Crippen LogP contribution in [0, 0.1) is 10.1 Å². The van der Waals surface area contributed by atoms with Gasteiger partial charge in [-0.2, -0.15) is 0 Å². The Morgan fingerprint density at radius 1 is 1.57 bits per heavy atom. The summed E-state index contributed by atoms with van der Waals surface area (Å²) in [5.41, 5.74) is 0.248. The predicted molar refractivity (Wildman–Crippen MR) is 76.9 cm³/mol. The van der Waals surface area contributed by atoms with Gasteiger partial charge < -0.3 is 14.7 Å². The van der Waals surface area contributed by atoms with Crippen molar-refractivity contribution in [1.82, 2.24) is 0 Å². The van der Waals surface area contributed by atoms with Crippen molar-refractivity contribution in [2.45, 2.75) is 32.4 Å². The maximum absolute atomic E-state index is 11.4. The van der Waals surface area contributed by atoms with E-state index < -0.39 is 10.9 Å². The fraction of sp³-hybridized carbons (Fsp3) is 0.500. The number of nitrogens with zero attached hydrogens (tertiary/aromatic N) is 2. The second-order valence-corrected chi connectivity index (χ2v) is 5.12. The molecule has 21 heavy (non-hydrogen) atoms. The van der Waals surface area contributed by atoms with E-state index in [1.165, 1.54) is 12.1 Å².